The molecule has 0 aromatic heterocycles. The molecule has 0 saturated carbocycles. The van der Waals surface area contributed by atoms with Crippen molar-refractivity contribution >= 4 is 15.9 Å². The molecule has 1 aliphatic rings. The highest BCUT2D eigenvalue weighted by Crippen LogP contribution is 2.22. The summed E-state index contributed by atoms with van der Waals surface area (Å²) in [7, 11) is -3.18. The molecule has 1 heterocycles. The first-order chi connectivity index (χ1) is 11.1. The first-order valence-corrected chi connectivity index (χ1v) is 10.2. The van der Waals surface area contributed by atoms with E-state index < -0.39 is 10.0 Å². The molecule has 1 amide bonds. The first kappa shape index (κ1) is 18.9. The zero-order valence-electron chi connectivity index (χ0n) is 15.1. The maximum absolute atomic E-state index is 12.5. The molecule has 134 valence electrons. The maximum Gasteiger partial charge on any atom is 0.227 e. The molecular formula is C18H28N2O3S. The van der Waals surface area contributed by atoms with Crippen molar-refractivity contribution in [1.82, 2.24) is 9.21 Å². The monoisotopic (exact) mass is 352 g/mol. The molecule has 0 spiro atoms. The lowest BCUT2D eigenvalue weighted by Crippen LogP contribution is -2.37. The summed E-state index contributed by atoms with van der Waals surface area (Å²) in [6.45, 7) is 8.45. The second kappa shape index (κ2) is 7.23. The van der Waals surface area contributed by atoms with Crippen molar-refractivity contribution in [2.45, 2.75) is 39.0 Å². The lowest BCUT2D eigenvalue weighted by Gasteiger charge is -2.22. The van der Waals surface area contributed by atoms with Gasteiger partial charge in [0.15, 0.2) is 0 Å². The minimum absolute atomic E-state index is 0.0638. The normalized spacial score (nSPS) is 17.6. The summed E-state index contributed by atoms with van der Waals surface area (Å²) in [4.78, 5) is 14.3. The quantitative estimate of drug-likeness (QED) is 0.836. The van der Waals surface area contributed by atoms with Crippen LogP contribution in [0, 0.1) is 0 Å². The zero-order chi connectivity index (χ0) is 18.0. The molecular weight excluding hydrogens is 324 g/mol. The summed E-state index contributed by atoms with van der Waals surface area (Å²) in [5, 5.41) is 0. The number of nitrogens with zero attached hydrogens (tertiary/aromatic N) is 2. The zero-order valence-corrected chi connectivity index (χ0v) is 15.9. The number of carbonyl (C=O) groups excluding carboxylic acids is 1. The van der Waals surface area contributed by atoms with E-state index in [9.17, 15) is 13.2 Å². The number of hydrogen-bond donors (Lipinski definition) is 0. The van der Waals surface area contributed by atoms with Crippen LogP contribution in [0.3, 0.4) is 0 Å². The van der Waals surface area contributed by atoms with Crippen molar-refractivity contribution in [3.63, 3.8) is 0 Å². The largest absolute Gasteiger partial charge is 0.341 e. The van der Waals surface area contributed by atoms with Gasteiger partial charge in [-0.25, -0.2) is 12.7 Å². The highest BCUT2D eigenvalue weighted by Gasteiger charge is 2.23. The summed E-state index contributed by atoms with van der Waals surface area (Å²) < 4.78 is 24.7. The van der Waals surface area contributed by atoms with E-state index in [1.54, 1.807) is 4.90 Å². The Morgan fingerprint density at radius 3 is 2.21 bits per heavy atom. The van der Waals surface area contributed by atoms with Crippen molar-refractivity contribution in [1.29, 1.82) is 0 Å². The summed E-state index contributed by atoms with van der Waals surface area (Å²) in [6.07, 6.45) is 2.27. The van der Waals surface area contributed by atoms with Gasteiger partial charge < -0.3 is 4.90 Å². The smallest absolute Gasteiger partial charge is 0.227 e. The second-order valence-corrected chi connectivity index (χ2v) is 9.50. The standard InChI is InChI=1S/C18H28N2O3S/c1-18(2,3)16-8-6-15(7-9-16)14-17(21)19-10-5-11-20(13-12-19)24(4,22)23/h6-9H,5,10-14H2,1-4H3. The molecule has 5 nitrogen and oxygen atoms in total. The van der Waals surface area contributed by atoms with Crippen LogP contribution in [0.15, 0.2) is 24.3 Å². The lowest BCUT2D eigenvalue weighted by atomic mass is 9.86. The molecule has 1 fully saturated rings. The van der Waals surface area contributed by atoms with Crippen molar-refractivity contribution in [2.24, 2.45) is 0 Å². The Hall–Kier alpha value is -1.40. The predicted octanol–water partition coefficient (Wildman–Crippen LogP) is 2.02. The molecule has 0 N–H and O–H groups in total. The topological polar surface area (TPSA) is 57.7 Å². The fourth-order valence-corrected chi connectivity index (χ4v) is 3.76. The third-order valence-electron chi connectivity index (χ3n) is 4.45. The fourth-order valence-electron chi connectivity index (χ4n) is 2.88. The van der Waals surface area contributed by atoms with Crippen LogP contribution in [0.25, 0.3) is 0 Å². The van der Waals surface area contributed by atoms with Crippen LogP contribution < -0.4 is 0 Å². The summed E-state index contributed by atoms with van der Waals surface area (Å²) in [5.41, 5.74) is 2.34. The molecule has 24 heavy (non-hydrogen) atoms. The average Bonchev–Trinajstić information content (AvgIpc) is 2.72. The Bertz CT molecular complexity index is 675. The van der Waals surface area contributed by atoms with Gasteiger partial charge in [0.1, 0.15) is 0 Å². The van der Waals surface area contributed by atoms with Gasteiger partial charge in [0, 0.05) is 26.2 Å². The molecule has 6 heteroatoms. The minimum Gasteiger partial charge on any atom is -0.341 e. The highest BCUT2D eigenvalue weighted by atomic mass is 32.2. The van der Waals surface area contributed by atoms with E-state index in [-0.39, 0.29) is 11.3 Å². The molecule has 0 aliphatic carbocycles. The Balaban J connectivity index is 1.97. The van der Waals surface area contributed by atoms with Gasteiger partial charge in [-0.15, -0.1) is 0 Å². The average molecular weight is 353 g/mol. The highest BCUT2D eigenvalue weighted by molar-refractivity contribution is 7.88. The van der Waals surface area contributed by atoms with E-state index in [0.29, 0.717) is 39.0 Å². The van der Waals surface area contributed by atoms with E-state index in [1.807, 2.05) is 12.1 Å². The van der Waals surface area contributed by atoms with Gasteiger partial charge in [-0.2, -0.15) is 0 Å². The van der Waals surface area contributed by atoms with Crippen molar-refractivity contribution in [3.8, 4) is 0 Å². The van der Waals surface area contributed by atoms with E-state index in [4.69, 9.17) is 0 Å². The van der Waals surface area contributed by atoms with Gasteiger partial charge in [-0.05, 0) is 23.0 Å². The Kier molecular flexibility index (Phi) is 5.71. The van der Waals surface area contributed by atoms with E-state index in [2.05, 4.69) is 32.9 Å². The lowest BCUT2D eigenvalue weighted by molar-refractivity contribution is -0.130. The third-order valence-corrected chi connectivity index (χ3v) is 5.76. The van der Waals surface area contributed by atoms with Crippen molar-refractivity contribution < 1.29 is 13.2 Å². The van der Waals surface area contributed by atoms with Gasteiger partial charge in [-0.1, -0.05) is 45.0 Å². The van der Waals surface area contributed by atoms with E-state index >= 15 is 0 Å². The fraction of sp³-hybridized carbons (Fsp3) is 0.611. The van der Waals surface area contributed by atoms with E-state index in [0.717, 1.165) is 5.56 Å². The van der Waals surface area contributed by atoms with Crippen LogP contribution in [-0.2, 0) is 26.7 Å². The third kappa shape index (κ3) is 5.05. The molecule has 1 saturated heterocycles. The maximum atomic E-state index is 12.5. The molecule has 1 aromatic carbocycles. The van der Waals surface area contributed by atoms with Crippen LogP contribution in [0.1, 0.15) is 38.3 Å². The Morgan fingerprint density at radius 2 is 1.67 bits per heavy atom. The molecule has 0 unspecified atom stereocenters. The first-order valence-electron chi connectivity index (χ1n) is 8.40. The molecule has 0 atom stereocenters. The number of rotatable bonds is 3. The summed E-state index contributed by atoms with van der Waals surface area (Å²) in [5.74, 6) is 0.0638. The summed E-state index contributed by atoms with van der Waals surface area (Å²) >= 11 is 0. The number of amides is 1. The minimum atomic E-state index is -3.18. The Labute approximate surface area is 145 Å². The molecule has 1 aliphatic heterocycles. The van der Waals surface area contributed by atoms with Gasteiger partial charge in [-0.3, -0.25) is 4.79 Å². The number of hydrogen-bond acceptors (Lipinski definition) is 3. The molecule has 1 aromatic rings. The van der Waals surface area contributed by atoms with Crippen LogP contribution in [0.2, 0.25) is 0 Å². The van der Waals surface area contributed by atoms with Gasteiger partial charge in [0.25, 0.3) is 0 Å². The molecule has 0 radical (unpaired) electrons. The number of sulfonamides is 1. The van der Waals surface area contributed by atoms with Crippen LogP contribution in [0.5, 0.6) is 0 Å². The molecule has 0 bridgehead atoms. The number of carbonyl (C=O) groups is 1. The van der Waals surface area contributed by atoms with Crippen molar-refractivity contribution in [2.75, 3.05) is 32.4 Å². The van der Waals surface area contributed by atoms with Crippen LogP contribution in [0.4, 0.5) is 0 Å². The van der Waals surface area contributed by atoms with Gasteiger partial charge in [0.2, 0.25) is 15.9 Å². The van der Waals surface area contributed by atoms with Crippen LogP contribution >= 0.6 is 0 Å². The summed E-state index contributed by atoms with van der Waals surface area (Å²) in [6, 6.07) is 8.19. The second-order valence-electron chi connectivity index (χ2n) is 7.52. The van der Waals surface area contributed by atoms with Gasteiger partial charge in [0.05, 0.1) is 12.7 Å². The SMILES string of the molecule is CC(C)(C)c1ccc(CC(=O)N2CCCN(S(C)(=O)=O)CC2)cc1. The molecule has 2 rings (SSSR count). The predicted molar refractivity (Wildman–Crippen MR) is 96.5 cm³/mol. The van der Waals surface area contributed by atoms with E-state index in [1.165, 1.54) is 16.1 Å². The Morgan fingerprint density at radius 1 is 1.04 bits per heavy atom. The van der Waals surface area contributed by atoms with Crippen molar-refractivity contribution in [3.05, 3.63) is 35.4 Å². The van der Waals surface area contributed by atoms with Crippen LogP contribution in [-0.4, -0.2) is 56.0 Å². The number of benzene rings is 1. The van der Waals surface area contributed by atoms with Gasteiger partial charge >= 0.3 is 0 Å².